The lowest BCUT2D eigenvalue weighted by atomic mass is 10.1. The molecule has 0 aliphatic carbocycles. The number of allylic oxidation sites excluding steroid dienone is 1. The molecule has 0 atom stereocenters. The van der Waals surface area contributed by atoms with Crippen molar-refractivity contribution >= 4 is 17.5 Å². The van der Waals surface area contributed by atoms with Gasteiger partial charge in [0.25, 0.3) is 5.69 Å². The molecule has 0 amide bonds. The highest BCUT2D eigenvalue weighted by Crippen LogP contribution is 2.36. The molecule has 3 aromatic rings. The van der Waals surface area contributed by atoms with E-state index in [2.05, 4.69) is 0 Å². The van der Waals surface area contributed by atoms with Crippen LogP contribution in [0.15, 0.2) is 72.5 Å². The Hall–Kier alpha value is -4.13. The highest BCUT2D eigenvalue weighted by Gasteiger charge is 2.28. The lowest BCUT2D eigenvalue weighted by molar-refractivity contribution is -0.384. The normalized spacial score (nSPS) is 13.6. The topological polar surface area (TPSA) is 87.9 Å². The van der Waals surface area contributed by atoms with E-state index in [1.807, 2.05) is 31.2 Å². The largest absolute Gasteiger partial charge is 0.493 e. The van der Waals surface area contributed by atoms with Gasteiger partial charge in [-0.2, -0.15) is 0 Å². The van der Waals surface area contributed by atoms with E-state index in [1.54, 1.807) is 36.4 Å². The van der Waals surface area contributed by atoms with Crippen molar-refractivity contribution in [2.75, 3.05) is 6.61 Å². The van der Waals surface area contributed by atoms with Crippen molar-refractivity contribution in [3.8, 4) is 17.2 Å². The van der Waals surface area contributed by atoms with Gasteiger partial charge in [-0.05, 0) is 48.9 Å². The van der Waals surface area contributed by atoms with Gasteiger partial charge < -0.3 is 14.2 Å². The molecule has 0 unspecified atom stereocenters. The zero-order valence-corrected chi connectivity index (χ0v) is 16.7. The second-order valence-corrected chi connectivity index (χ2v) is 6.78. The molecule has 4 rings (SSSR count). The van der Waals surface area contributed by atoms with Crippen LogP contribution in [-0.2, 0) is 6.61 Å². The van der Waals surface area contributed by atoms with E-state index in [4.69, 9.17) is 14.2 Å². The fourth-order valence-electron chi connectivity index (χ4n) is 3.17. The molecule has 0 saturated carbocycles. The predicted molar refractivity (Wildman–Crippen MR) is 114 cm³/mol. The Kier molecular flexibility index (Phi) is 5.66. The van der Waals surface area contributed by atoms with Gasteiger partial charge in [0.1, 0.15) is 23.9 Å². The monoisotopic (exact) mass is 417 g/mol. The Morgan fingerprint density at radius 2 is 1.81 bits per heavy atom. The van der Waals surface area contributed by atoms with E-state index >= 15 is 0 Å². The molecule has 3 aromatic carbocycles. The van der Waals surface area contributed by atoms with E-state index in [0.717, 1.165) is 11.1 Å². The molecule has 156 valence electrons. The average molecular weight is 417 g/mol. The summed E-state index contributed by atoms with van der Waals surface area (Å²) < 4.78 is 17.2. The summed E-state index contributed by atoms with van der Waals surface area (Å²) in [5.41, 5.74) is 2.03. The van der Waals surface area contributed by atoms with Crippen molar-refractivity contribution in [3.05, 3.63) is 99.3 Å². The third-order valence-electron chi connectivity index (χ3n) is 4.70. The lowest BCUT2D eigenvalue weighted by Gasteiger charge is -2.08. The summed E-state index contributed by atoms with van der Waals surface area (Å²) in [5, 5.41) is 10.7. The number of rotatable bonds is 7. The minimum Gasteiger partial charge on any atom is -0.493 e. The zero-order valence-electron chi connectivity index (χ0n) is 16.7. The first-order chi connectivity index (χ1) is 15.0. The fourth-order valence-corrected chi connectivity index (χ4v) is 3.17. The van der Waals surface area contributed by atoms with E-state index in [1.165, 1.54) is 12.1 Å². The van der Waals surface area contributed by atoms with Gasteiger partial charge in [0.05, 0.1) is 17.1 Å². The van der Waals surface area contributed by atoms with Crippen molar-refractivity contribution in [1.82, 2.24) is 0 Å². The average Bonchev–Trinajstić information content (AvgIpc) is 3.08. The minimum absolute atomic E-state index is 0.0263. The van der Waals surface area contributed by atoms with Crippen LogP contribution < -0.4 is 14.2 Å². The molecule has 1 heterocycles. The first kappa shape index (κ1) is 20.2. The number of nitrogens with zero attached hydrogens (tertiary/aromatic N) is 1. The van der Waals surface area contributed by atoms with E-state index in [9.17, 15) is 14.9 Å². The van der Waals surface area contributed by atoms with Gasteiger partial charge in [-0.15, -0.1) is 0 Å². The molecule has 0 aromatic heterocycles. The Bertz CT molecular complexity index is 1170. The SMILES string of the molecule is CCOc1ccccc1/C=C1\Oc2cc(OCc3ccc([N+](=O)[O-])cc3)ccc2C1=O. The van der Waals surface area contributed by atoms with Gasteiger partial charge in [-0.1, -0.05) is 18.2 Å². The number of para-hydroxylation sites is 1. The number of nitro groups is 1. The summed E-state index contributed by atoms with van der Waals surface area (Å²) in [6, 6.07) is 18.6. The van der Waals surface area contributed by atoms with Crippen LogP contribution in [0.5, 0.6) is 17.2 Å². The summed E-state index contributed by atoms with van der Waals surface area (Å²) in [4.78, 5) is 23.0. The third kappa shape index (κ3) is 4.40. The van der Waals surface area contributed by atoms with Crippen molar-refractivity contribution in [2.24, 2.45) is 0 Å². The van der Waals surface area contributed by atoms with Crippen molar-refractivity contribution in [1.29, 1.82) is 0 Å². The molecule has 0 radical (unpaired) electrons. The standard InChI is InChI=1S/C24H19NO6/c1-2-29-21-6-4-3-5-17(21)13-23-24(26)20-12-11-19(14-22(20)31-23)30-15-16-7-9-18(10-8-16)25(27)28/h3-14H,2,15H2,1H3/b23-13-. The van der Waals surface area contributed by atoms with E-state index < -0.39 is 4.92 Å². The van der Waals surface area contributed by atoms with Gasteiger partial charge in [-0.3, -0.25) is 14.9 Å². The molecule has 0 saturated heterocycles. The Morgan fingerprint density at radius 1 is 1.03 bits per heavy atom. The fraction of sp³-hybridized carbons (Fsp3) is 0.125. The second-order valence-electron chi connectivity index (χ2n) is 6.78. The van der Waals surface area contributed by atoms with Gasteiger partial charge >= 0.3 is 0 Å². The van der Waals surface area contributed by atoms with Gasteiger partial charge in [0.2, 0.25) is 5.78 Å². The molecule has 0 spiro atoms. The van der Waals surface area contributed by atoms with E-state index in [-0.39, 0.29) is 23.8 Å². The molecule has 7 nitrogen and oxygen atoms in total. The number of carbonyl (C=O) groups is 1. The summed E-state index contributed by atoms with van der Waals surface area (Å²) >= 11 is 0. The number of carbonyl (C=O) groups excluding carboxylic acids is 1. The van der Waals surface area contributed by atoms with Crippen LogP contribution in [0, 0.1) is 10.1 Å². The van der Waals surface area contributed by atoms with E-state index in [0.29, 0.717) is 29.4 Å². The molecule has 1 aliphatic heterocycles. The number of nitro benzene ring substituents is 1. The maximum Gasteiger partial charge on any atom is 0.269 e. The molecular weight excluding hydrogens is 398 g/mol. The number of hydrogen-bond acceptors (Lipinski definition) is 6. The molecule has 0 bridgehead atoms. The highest BCUT2D eigenvalue weighted by atomic mass is 16.6. The minimum atomic E-state index is -0.447. The number of benzene rings is 3. The summed E-state index contributed by atoms with van der Waals surface area (Å²) in [6.07, 6.45) is 1.67. The van der Waals surface area contributed by atoms with Crippen LogP contribution in [0.4, 0.5) is 5.69 Å². The second kappa shape index (κ2) is 8.71. The van der Waals surface area contributed by atoms with Crippen LogP contribution in [0.1, 0.15) is 28.4 Å². The number of hydrogen-bond donors (Lipinski definition) is 0. The Labute approximate surface area is 178 Å². The first-order valence-electron chi connectivity index (χ1n) is 9.71. The Morgan fingerprint density at radius 3 is 2.55 bits per heavy atom. The van der Waals surface area contributed by atoms with Gasteiger partial charge in [-0.25, -0.2) is 0 Å². The summed E-state index contributed by atoms with van der Waals surface area (Å²) in [6.45, 7) is 2.65. The number of non-ortho nitro benzene ring substituents is 1. The number of Topliss-reactive ketones (excluding diaryl/α,β-unsaturated/α-hetero) is 1. The maximum absolute atomic E-state index is 12.7. The quantitative estimate of drug-likeness (QED) is 0.299. The van der Waals surface area contributed by atoms with Crippen molar-refractivity contribution in [3.63, 3.8) is 0 Å². The van der Waals surface area contributed by atoms with Crippen molar-refractivity contribution < 1.29 is 23.9 Å². The summed E-state index contributed by atoms with van der Waals surface area (Å²) in [5.74, 6) is 1.64. The lowest BCUT2D eigenvalue weighted by Crippen LogP contribution is -1.99. The predicted octanol–water partition coefficient (Wildman–Crippen LogP) is 5.19. The zero-order chi connectivity index (χ0) is 21.8. The number of ether oxygens (including phenoxy) is 3. The molecular formula is C24H19NO6. The van der Waals surface area contributed by atoms with Crippen LogP contribution in [0.25, 0.3) is 6.08 Å². The van der Waals surface area contributed by atoms with Crippen LogP contribution in [0.2, 0.25) is 0 Å². The number of fused-ring (bicyclic) bond motifs is 1. The van der Waals surface area contributed by atoms with Crippen molar-refractivity contribution in [2.45, 2.75) is 13.5 Å². The van der Waals surface area contributed by atoms with Gasteiger partial charge in [0, 0.05) is 23.8 Å². The molecule has 7 heteroatoms. The Balaban J connectivity index is 1.49. The molecule has 0 fully saturated rings. The maximum atomic E-state index is 12.7. The van der Waals surface area contributed by atoms with Crippen LogP contribution in [-0.4, -0.2) is 17.3 Å². The summed E-state index contributed by atoms with van der Waals surface area (Å²) in [7, 11) is 0. The molecule has 1 aliphatic rings. The molecule has 0 N–H and O–H groups in total. The smallest absolute Gasteiger partial charge is 0.269 e. The van der Waals surface area contributed by atoms with Crippen LogP contribution in [0.3, 0.4) is 0 Å². The third-order valence-corrected chi connectivity index (χ3v) is 4.70. The molecule has 31 heavy (non-hydrogen) atoms. The van der Waals surface area contributed by atoms with Crippen LogP contribution >= 0.6 is 0 Å². The number of ketones is 1. The highest BCUT2D eigenvalue weighted by molar-refractivity contribution is 6.14. The first-order valence-corrected chi connectivity index (χ1v) is 9.71. The van der Waals surface area contributed by atoms with Gasteiger partial charge in [0.15, 0.2) is 5.76 Å².